The van der Waals surface area contributed by atoms with Gasteiger partial charge >= 0.3 is 5.63 Å². The van der Waals surface area contributed by atoms with Crippen molar-refractivity contribution >= 4 is 28.5 Å². The zero-order valence-electron chi connectivity index (χ0n) is 15.3. The van der Waals surface area contributed by atoms with Crippen LogP contribution < -0.4 is 15.7 Å². The zero-order chi connectivity index (χ0) is 19.6. The Bertz CT molecular complexity index is 1060. The lowest BCUT2D eigenvalue weighted by Crippen LogP contribution is -2.28. The predicted molar refractivity (Wildman–Crippen MR) is 103 cm³/mol. The predicted octanol–water partition coefficient (Wildman–Crippen LogP) is 3.09. The van der Waals surface area contributed by atoms with Crippen molar-refractivity contribution in [1.82, 2.24) is 15.1 Å². The third-order valence-electron chi connectivity index (χ3n) is 4.17. The Balaban J connectivity index is 1.78. The van der Waals surface area contributed by atoms with Gasteiger partial charge in [-0.3, -0.25) is 9.48 Å². The summed E-state index contributed by atoms with van der Waals surface area (Å²) in [5, 5.41) is 8.30. The van der Waals surface area contributed by atoms with Crippen LogP contribution in [0.1, 0.15) is 28.7 Å². The molecule has 0 saturated heterocycles. The van der Waals surface area contributed by atoms with E-state index in [0.717, 1.165) is 11.4 Å². The Kier molecular flexibility index (Phi) is 5.51. The van der Waals surface area contributed by atoms with Gasteiger partial charge < -0.3 is 14.5 Å². The first-order valence-electron chi connectivity index (χ1n) is 8.59. The Hall–Kier alpha value is -2.80. The number of rotatable bonds is 6. The highest BCUT2D eigenvalue weighted by Crippen LogP contribution is 2.23. The van der Waals surface area contributed by atoms with E-state index in [1.807, 2.05) is 20.8 Å². The summed E-state index contributed by atoms with van der Waals surface area (Å²) in [6.07, 6.45) is 0. The maximum Gasteiger partial charge on any atom is 0.337 e. The van der Waals surface area contributed by atoms with Crippen LogP contribution in [0.2, 0.25) is 5.02 Å². The van der Waals surface area contributed by atoms with Gasteiger partial charge in [-0.25, -0.2) is 4.79 Å². The van der Waals surface area contributed by atoms with Gasteiger partial charge in [0.15, 0.2) is 0 Å². The second-order valence-corrected chi connectivity index (χ2v) is 6.41. The van der Waals surface area contributed by atoms with E-state index in [2.05, 4.69) is 10.4 Å². The number of hydrogen-bond acceptors (Lipinski definition) is 5. The van der Waals surface area contributed by atoms with Crippen molar-refractivity contribution in [3.63, 3.8) is 0 Å². The van der Waals surface area contributed by atoms with Crippen molar-refractivity contribution in [1.29, 1.82) is 0 Å². The van der Waals surface area contributed by atoms with Gasteiger partial charge in [-0.1, -0.05) is 11.6 Å². The van der Waals surface area contributed by atoms with Gasteiger partial charge in [0.2, 0.25) is 0 Å². The Labute approximate surface area is 160 Å². The fraction of sp³-hybridized carbons (Fsp3) is 0.316. The van der Waals surface area contributed by atoms with E-state index in [9.17, 15) is 9.59 Å². The highest BCUT2D eigenvalue weighted by Gasteiger charge is 2.14. The second kappa shape index (κ2) is 7.84. The molecule has 0 aliphatic heterocycles. The smallest absolute Gasteiger partial charge is 0.337 e. The third-order valence-corrected chi connectivity index (χ3v) is 4.72. The molecule has 0 spiro atoms. The largest absolute Gasteiger partial charge is 0.494 e. The minimum atomic E-state index is -0.591. The van der Waals surface area contributed by atoms with E-state index in [4.69, 9.17) is 20.8 Å². The standard InChI is InChI=1S/C19H20ClN3O4/c1-4-26-13-5-6-14-15(10-17(24)27-16(14)9-13)19(25)21-7-8-23-12(3)18(20)11(2)22-23/h5-6,9-10H,4,7-8H2,1-3H3,(H,21,25). The molecule has 1 aromatic carbocycles. The lowest BCUT2D eigenvalue weighted by atomic mass is 10.1. The molecule has 7 nitrogen and oxygen atoms in total. The van der Waals surface area contributed by atoms with Crippen molar-refractivity contribution in [3.8, 4) is 5.75 Å². The maximum atomic E-state index is 12.6. The Morgan fingerprint density at radius 3 is 2.78 bits per heavy atom. The summed E-state index contributed by atoms with van der Waals surface area (Å²) in [6.45, 7) is 6.87. The Morgan fingerprint density at radius 2 is 2.11 bits per heavy atom. The van der Waals surface area contributed by atoms with Gasteiger partial charge in [-0.15, -0.1) is 0 Å². The zero-order valence-corrected chi connectivity index (χ0v) is 16.1. The van der Waals surface area contributed by atoms with Gasteiger partial charge in [0.1, 0.15) is 11.3 Å². The number of nitrogens with zero attached hydrogens (tertiary/aromatic N) is 2. The van der Waals surface area contributed by atoms with Crippen LogP contribution in [0, 0.1) is 13.8 Å². The van der Waals surface area contributed by atoms with E-state index in [1.165, 1.54) is 6.07 Å². The van der Waals surface area contributed by atoms with E-state index in [1.54, 1.807) is 22.9 Å². The number of nitrogens with one attached hydrogen (secondary N) is 1. The molecule has 1 N–H and O–H groups in total. The highest BCUT2D eigenvalue weighted by atomic mass is 35.5. The molecule has 27 heavy (non-hydrogen) atoms. The molecule has 0 aliphatic rings. The van der Waals surface area contributed by atoms with Crippen molar-refractivity contribution < 1.29 is 13.9 Å². The number of carbonyl (C=O) groups is 1. The number of aromatic nitrogens is 2. The van der Waals surface area contributed by atoms with E-state index < -0.39 is 5.63 Å². The van der Waals surface area contributed by atoms with Crippen LogP contribution in [0.4, 0.5) is 0 Å². The summed E-state index contributed by atoms with van der Waals surface area (Å²) in [4.78, 5) is 24.4. The number of aryl methyl sites for hydroxylation is 1. The number of carbonyl (C=O) groups excluding carboxylic acids is 1. The molecule has 8 heteroatoms. The van der Waals surface area contributed by atoms with Gasteiger partial charge in [0.05, 0.1) is 35.1 Å². The number of hydrogen-bond donors (Lipinski definition) is 1. The van der Waals surface area contributed by atoms with E-state index >= 15 is 0 Å². The summed E-state index contributed by atoms with van der Waals surface area (Å²) < 4.78 is 12.3. The quantitative estimate of drug-likeness (QED) is 0.655. The molecular weight excluding hydrogens is 370 g/mol. The fourth-order valence-corrected chi connectivity index (χ4v) is 2.99. The number of ether oxygens (including phenoxy) is 1. The molecule has 0 atom stereocenters. The molecule has 0 fully saturated rings. The SMILES string of the molecule is CCOc1ccc2c(C(=O)NCCn3nc(C)c(Cl)c3C)cc(=O)oc2c1. The molecule has 142 valence electrons. The van der Waals surface area contributed by atoms with Gasteiger partial charge in [-0.2, -0.15) is 5.10 Å². The van der Waals surface area contributed by atoms with Crippen molar-refractivity contribution in [2.45, 2.75) is 27.3 Å². The highest BCUT2D eigenvalue weighted by molar-refractivity contribution is 6.31. The molecule has 0 bridgehead atoms. The minimum Gasteiger partial charge on any atom is -0.494 e. The van der Waals surface area contributed by atoms with Gasteiger partial charge in [0, 0.05) is 24.1 Å². The normalized spacial score (nSPS) is 11.0. The molecule has 3 rings (SSSR count). The van der Waals surface area contributed by atoms with Crippen LogP contribution in [-0.2, 0) is 6.54 Å². The molecule has 0 radical (unpaired) electrons. The molecule has 0 saturated carbocycles. The number of fused-ring (bicyclic) bond motifs is 1. The maximum absolute atomic E-state index is 12.6. The number of halogens is 1. The summed E-state index contributed by atoms with van der Waals surface area (Å²) in [5.41, 5.74) is 1.57. The first-order chi connectivity index (χ1) is 12.9. The Morgan fingerprint density at radius 1 is 1.33 bits per heavy atom. The van der Waals surface area contributed by atoms with E-state index in [-0.39, 0.29) is 11.5 Å². The first kappa shape index (κ1) is 19.0. The topological polar surface area (TPSA) is 86.4 Å². The minimum absolute atomic E-state index is 0.260. The van der Waals surface area contributed by atoms with Crippen LogP contribution in [0.5, 0.6) is 5.75 Å². The van der Waals surface area contributed by atoms with Crippen molar-refractivity contribution in [3.05, 3.63) is 56.7 Å². The first-order valence-corrected chi connectivity index (χ1v) is 8.97. The number of benzene rings is 1. The molecule has 1 amide bonds. The summed E-state index contributed by atoms with van der Waals surface area (Å²) in [5.74, 6) is 0.219. The van der Waals surface area contributed by atoms with Crippen molar-refractivity contribution in [2.75, 3.05) is 13.2 Å². The molecule has 2 aromatic heterocycles. The molecule has 0 unspecified atom stereocenters. The second-order valence-electron chi connectivity index (χ2n) is 6.03. The summed E-state index contributed by atoms with van der Waals surface area (Å²) in [7, 11) is 0. The average molecular weight is 390 g/mol. The molecule has 0 aliphatic carbocycles. The fourth-order valence-electron chi connectivity index (χ4n) is 2.85. The van der Waals surface area contributed by atoms with Crippen LogP contribution in [-0.4, -0.2) is 28.8 Å². The monoisotopic (exact) mass is 389 g/mol. The average Bonchev–Trinajstić information content (AvgIpc) is 2.88. The summed E-state index contributed by atoms with van der Waals surface area (Å²) in [6, 6.07) is 6.24. The number of amides is 1. The van der Waals surface area contributed by atoms with Crippen LogP contribution in [0.15, 0.2) is 33.5 Å². The molecular formula is C19H20ClN3O4. The lowest BCUT2D eigenvalue weighted by molar-refractivity contribution is 0.0953. The third kappa shape index (κ3) is 3.98. The lowest BCUT2D eigenvalue weighted by Gasteiger charge is -2.09. The van der Waals surface area contributed by atoms with Crippen LogP contribution >= 0.6 is 11.6 Å². The van der Waals surface area contributed by atoms with Crippen LogP contribution in [0.3, 0.4) is 0 Å². The van der Waals surface area contributed by atoms with E-state index in [0.29, 0.717) is 41.4 Å². The van der Waals surface area contributed by atoms with Gasteiger partial charge in [-0.05, 0) is 32.9 Å². The van der Waals surface area contributed by atoms with Gasteiger partial charge in [0.25, 0.3) is 5.91 Å². The summed E-state index contributed by atoms with van der Waals surface area (Å²) >= 11 is 6.13. The molecule has 2 heterocycles. The molecule has 3 aromatic rings. The van der Waals surface area contributed by atoms with Crippen molar-refractivity contribution in [2.24, 2.45) is 0 Å². The van der Waals surface area contributed by atoms with Crippen LogP contribution in [0.25, 0.3) is 11.0 Å².